The van der Waals surface area contributed by atoms with Crippen LogP contribution in [0.25, 0.3) is 0 Å². The molecule has 4 aliphatic carbocycles. The van der Waals surface area contributed by atoms with Crippen molar-refractivity contribution in [1.82, 2.24) is 0 Å². The molecule has 33 heavy (non-hydrogen) atoms. The Labute approximate surface area is 206 Å². The number of fused-ring (bicyclic) bond motifs is 5. The Kier molecular flexibility index (Phi) is 7.80. The summed E-state index contributed by atoms with van der Waals surface area (Å²) in [4.78, 5) is 0. The minimum absolute atomic E-state index is 0.0778. The number of aliphatic hydroxyl groups excluding tert-OH is 1. The van der Waals surface area contributed by atoms with E-state index >= 15 is 0 Å². The van der Waals surface area contributed by atoms with Crippen molar-refractivity contribution >= 4 is 0 Å². The Morgan fingerprint density at radius 1 is 0.879 bits per heavy atom. The zero-order chi connectivity index (χ0) is 24.0. The van der Waals surface area contributed by atoms with Crippen molar-refractivity contribution in [3.8, 4) is 0 Å². The Bertz CT molecular complexity index is 693. The van der Waals surface area contributed by atoms with Gasteiger partial charge in [0, 0.05) is 0 Å². The maximum Gasteiger partial charge on any atom is 0.0574 e. The lowest BCUT2D eigenvalue weighted by Gasteiger charge is -2.63. The molecule has 10 atom stereocenters. The van der Waals surface area contributed by atoms with Crippen molar-refractivity contribution in [1.29, 1.82) is 0 Å². The third-order valence-electron chi connectivity index (χ3n) is 12.2. The summed E-state index contributed by atoms with van der Waals surface area (Å²) in [6, 6.07) is 0. The molecular weight excluding hydrogens is 400 g/mol. The Morgan fingerprint density at radius 2 is 1.55 bits per heavy atom. The monoisotopic (exact) mass is 456 g/mol. The van der Waals surface area contributed by atoms with Gasteiger partial charge in [0.2, 0.25) is 0 Å². The fraction of sp³-hybridized carbons (Fsp3) is 0.938. The van der Waals surface area contributed by atoms with Crippen molar-refractivity contribution in [3.63, 3.8) is 0 Å². The molecule has 0 aromatic rings. The first-order valence-electron chi connectivity index (χ1n) is 14.9. The van der Waals surface area contributed by atoms with E-state index in [9.17, 15) is 5.11 Å². The Morgan fingerprint density at radius 3 is 2.24 bits per heavy atom. The molecule has 4 aliphatic rings. The number of hydrogen-bond acceptors (Lipinski definition) is 1. The molecule has 0 aromatic carbocycles. The summed E-state index contributed by atoms with van der Waals surface area (Å²) in [5, 5.41) is 11.0. The second kappa shape index (κ2) is 9.99. The van der Waals surface area contributed by atoms with Gasteiger partial charge >= 0.3 is 0 Å². The molecule has 190 valence electrons. The fourth-order valence-electron chi connectivity index (χ4n) is 10.3. The van der Waals surface area contributed by atoms with E-state index in [0.717, 1.165) is 54.3 Å². The maximum atomic E-state index is 11.0. The fourth-order valence-corrected chi connectivity index (χ4v) is 10.3. The standard InChI is InChI=1S/C32H56O/c1-8-22(4)20-25-28-13-12-24-27-15-14-26(23(5)11-9-10-21(2)3)31(27,6)18-16-29(24)32(28,7)19-17-30(25)33/h8,21,23-30,33H,9-20H2,1-7H3/b22-8+/t23-,24+,25+,26-,27+,28+,29+,30+,31-,32+/m1/s1. The average Bonchev–Trinajstić information content (AvgIpc) is 3.13. The lowest BCUT2D eigenvalue weighted by atomic mass is 9.42. The summed E-state index contributed by atoms with van der Waals surface area (Å²) >= 11 is 0. The molecule has 0 bridgehead atoms. The normalized spacial score (nSPS) is 46.6. The Balaban J connectivity index is 1.49. The van der Waals surface area contributed by atoms with Gasteiger partial charge in [-0.05, 0) is 130 Å². The van der Waals surface area contributed by atoms with Gasteiger partial charge in [-0.1, -0.05) is 65.5 Å². The number of allylic oxidation sites excluding steroid dienone is 2. The van der Waals surface area contributed by atoms with Crippen LogP contribution in [-0.4, -0.2) is 11.2 Å². The second-order valence-corrected chi connectivity index (χ2v) is 14.2. The van der Waals surface area contributed by atoms with Crippen LogP contribution >= 0.6 is 0 Å². The summed E-state index contributed by atoms with van der Waals surface area (Å²) in [6.07, 6.45) is 18.6. The van der Waals surface area contributed by atoms with E-state index in [1.54, 1.807) is 0 Å². The topological polar surface area (TPSA) is 20.2 Å². The predicted molar refractivity (Wildman–Crippen MR) is 142 cm³/mol. The van der Waals surface area contributed by atoms with Crippen LogP contribution in [0.4, 0.5) is 0 Å². The molecule has 1 nitrogen and oxygen atoms in total. The van der Waals surface area contributed by atoms with Gasteiger partial charge < -0.3 is 5.11 Å². The number of aliphatic hydroxyl groups is 1. The molecule has 0 aromatic heterocycles. The van der Waals surface area contributed by atoms with Gasteiger partial charge in [-0.15, -0.1) is 0 Å². The summed E-state index contributed by atoms with van der Waals surface area (Å²) in [5.74, 6) is 6.76. The lowest BCUT2D eigenvalue weighted by Crippen LogP contribution is -2.56. The molecule has 0 aliphatic heterocycles. The van der Waals surface area contributed by atoms with Crippen LogP contribution in [-0.2, 0) is 0 Å². The number of rotatable bonds is 7. The molecular formula is C32H56O. The summed E-state index contributed by atoms with van der Waals surface area (Å²) < 4.78 is 0. The zero-order valence-corrected chi connectivity index (χ0v) is 23.2. The van der Waals surface area contributed by atoms with Gasteiger partial charge in [-0.3, -0.25) is 0 Å². The van der Waals surface area contributed by atoms with Gasteiger partial charge in [-0.25, -0.2) is 0 Å². The molecule has 1 N–H and O–H groups in total. The molecule has 0 unspecified atom stereocenters. The van der Waals surface area contributed by atoms with Crippen LogP contribution < -0.4 is 0 Å². The van der Waals surface area contributed by atoms with Gasteiger partial charge in [0.25, 0.3) is 0 Å². The summed E-state index contributed by atoms with van der Waals surface area (Å²) in [7, 11) is 0. The maximum absolute atomic E-state index is 11.0. The van der Waals surface area contributed by atoms with E-state index in [1.165, 1.54) is 69.8 Å². The van der Waals surface area contributed by atoms with Crippen LogP contribution in [0.5, 0.6) is 0 Å². The van der Waals surface area contributed by atoms with E-state index in [1.807, 2.05) is 0 Å². The first kappa shape index (κ1) is 25.8. The van der Waals surface area contributed by atoms with Gasteiger partial charge in [0.05, 0.1) is 6.10 Å². The van der Waals surface area contributed by atoms with Crippen LogP contribution in [0.3, 0.4) is 0 Å². The summed E-state index contributed by atoms with van der Waals surface area (Å²) in [6.45, 7) is 17.2. The van der Waals surface area contributed by atoms with E-state index in [4.69, 9.17) is 0 Å². The molecule has 0 spiro atoms. The zero-order valence-electron chi connectivity index (χ0n) is 23.2. The van der Waals surface area contributed by atoms with Crippen molar-refractivity contribution in [2.45, 2.75) is 132 Å². The van der Waals surface area contributed by atoms with Gasteiger partial charge in [0.15, 0.2) is 0 Å². The van der Waals surface area contributed by atoms with Crippen LogP contribution in [0.2, 0.25) is 0 Å². The highest BCUT2D eigenvalue weighted by molar-refractivity contribution is 5.12. The molecule has 0 radical (unpaired) electrons. The van der Waals surface area contributed by atoms with E-state index < -0.39 is 0 Å². The van der Waals surface area contributed by atoms with Crippen molar-refractivity contribution < 1.29 is 5.11 Å². The van der Waals surface area contributed by atoms with Gasteiger partial charge in [0.1, 0.15) is 0 Å². The van der Waals surface area contributed by atoms with E-state index in [2.05, 4.69) is 54.5 Å². The average molecular weight is 457 g/mol. The first-order chi connectivity index (χ1) is 15.6. The molecule has 4 saturated carbocycles. The minimum Gasteiger partial charge on any atom is -0.393 e. The van der Waals surface area contributed by atoms with E-state index in [0.29, 0.717) is 16.7 Å². The first-order valence-corrected chi connectivity index (χ1v) is 14.9. The number of hydrogen-bond donors (Lipinski definition) is 1. The molecule has 0 amide bonds. The third kappa shape index (κ3) is 4.63. The highest BCUT2D eigenvalue weighted by Crippen LogP contribution is 2.69. The molecule has 4 rings (SSSR count). The second-order valence-electron chi connectivity index (χ2n) is 14.2. The highest BCUT2D eigenvalue weighted by atomic mass is 16.3. The summed E-state index contributed by atoms with van der Waals surface area (Å²) in [5.41, 5.74) is 2.53. The van der Waals surface area contributed by atoms with Crippen LogP contribution in [0, 0.1) is 58.2 Å². The lowest BCUT2D eigenvalue weighted by molar-refractivity contribution is -0.152. The van der Waals surface area contributed by atoms with Crippen LogP contribution in [0.1, 0.15) is 126 Å². The van der Waals surface area contributed by atoms with Crippen LogP contribution in [0.15, 0.2) is 11.6 Å². The smallest absolute Gasteiger partial charge is 0.0574 e. The largest absolute Gasteiger partial charge is 0.393 e. The van der Waals surface area contributed by atoms with E-state index in [-0.39, 0.29) is 6.10 Å². The minimum atomic E-state index is -0.0778. The predicted octanol–water partition coefficient (Wildman–Crippen LogP) is 9.05. The molecule has 4 fully saturated rings. The Hall–Kier alpha value is -0.300. The third-order valence-corrected chi connectivity index (χ3v) is 12.2. The highest BCUT2D eigenvalue weighted by Gasteiger charge is 2.61. The van der Waals surface area contributed by atoms with Crippen molar-refractivity contribution in [3.05, 3.63) is 11.6 Å². The quantitative estimate of drug-likeness (QED) is 0.379. The molecule has 0 heterocycles. The van der Waals surface area contributed by atoms with Crippen molar-refractivity contribution in [2.24, 2.45) is 58.2 Å². The molecule has 0 saturated heterocycles. The van der Waals surface area contributed by atoms with Crippen molar-refractivity contribution in [2.75, 3.05) is 0 Å². The SMILES string of the molecule is C/C=C(\C)C[C@@H]1[C@@H](O)CC[C@@]2(C)[C@H]1CC[C@@H]1[C@@H]2CC[C@]2(C)[C@@H]([C@H](C)CCCC(C)C)CC[C@@H]12. The molecule has 1 heteroatoms. The van der Waals surface area contributed by atoms with Gasteiger partial charge in [-0.2, -0.15) is 0 Å².